The molecule has 1 unspecified atom stereocenters. The molecule has 8 heteroatoms. The maximum absolute atomic E-state index is 11.8. The highest BCUT2D eigenvalue weighted by atomic mass is 19.4. The molecule has 1 fully saturated rings. The van der Waals surface area contributed by atoms with E-state index in [1.54, 1.807) is 4.90 Å². The van der Waals surface area contributed by atoms with Gasteiger partial charge in [0, 0.05) is 19.1 Å². The molecule has 0 bridgehead atoms. The van der Waals surface area contributed by atoms with E-state index in [4.69, 9.17) is 9.84 Å². The van der Waals surface area contributed by atoms with Crippen LogP contribution in [-0.4, -0.2) is 67.7 Å². The average molecular weight is 271 g/mol. The maximum Gasteiger partial charge on any atom is 0.411 e. The number of carbonyl (C=O) groups is 1. The zero-order valence-corrected chi connectivity index (χ0v) is 9.78. The van der Waals surface area contributed by atoms with E-state index in [0.717, 1.165) is 0 Å². The molecule has 1 atom stereocenters. The van der Waals surface area contributed by atoms with Gasteiger partial charge in [-0.15, -0.1) is 0 Å². The van der Waals surface area contributed by atoms with Gasteiger partial charge in [0.25, 0.3) is 0 Å². The van der Waals surface area contributed by atoms with Gasteiger partial charge in [-0.3, -0.25) is 9.69 Å². The lowest BCUT2D eigenvalue weighted by Gasteiger charge is -2.34. The predicted octanol–water partition coefficient (Wildman–Crippen LogP) is 0.741. The average Bonchev–Trinajstić information content (AvgIpc) is 2.24. The van der Waals surface area contributed by atoms with E-state index in [9.17, 15) is 18.0 Å². The molecule has 0 spiro atoms. The van der Waals surface area contributed by atoms with Crippen molar-refractivity contribution in [1.29, 1.82) is 0 Å². The minimum atomic E-state index is -4.33. The summed E-state index contributed by atoms with van der Waals surface area (Å²) in [5.41, 5.74) is 0. The Balaban J connectivity index is 2.27. The first kappa shape index (κ1) is 15.2. The Kier molecular flexibility index (Phi) is 5.83. The molecule has 0 aromatic carbocycles. The van der Waals surface area contributed by atoms with Crippen molar-refractivity contribution < 1.29 is 32.5 Å². The van der Waals surface area contributed by atoms with E-state index in [0.29, 0.717) is 13.2 Å². The molecule has 1 heterocycles. The molecule has 1 rings (SSSR count). The molecule has 5 nitrogen and oxygen atoms in total. The molecular weight excluding hydrogens is 255 g/mol. The fraction of sp³-hybridized carbons (Fsp3) is 0.900. The predicted molar refractivity (Wildman–Crippen MR) is 55.3 cm³/mol. The van der Waals surface area contributed by atoms with Gasteiger partial charge < -0.3 is 14.6 Å². The normalized spacial score (nSPS) is 22.1. The Hall–Kier alpha value is -0.860. The summed E-state index contributed by atoms with van der Waals surface area (Å²) >= 11 is 0. The van der Waals surface area contributed by atoms with Gasteiger partial charge in [-0.2, -0.15) is 13.2 Å². The number of carboxylic acid groups (broad SMARTS) is 1. The van der Waals surface area contributed by atoms with E-state index >= 15 is 0 Å². The van der Waals surface area contributed by atoms with Crippen LogP contribution in [0.25, 0.3) is 0 Å². The molecule has 18 heavy (non-hydrogen) atoms. The van der Waals surface area contributed by atoms with Gasteiger partial charge in [-0.05, 0) is 0 Å². The standard InChI is InChI=1S/C10H16F3NO4/c11-10(12,13)7-18-4-2-14-1-3-17-6-8(14)5-9(15)16/h8H,1-7H2,(H,15,16). The summed E-state index contributed by atoms with van der Waals surface area (Å²) < 4.78 is 45.1. The summed E-state index contributed by atoms with van der Waals surface area (Å²) in [6.07, 6.45) is -4.41. The van der Waals surface area contributed by atoms with Gasteiger partial charge in [-0.1, -0.05) is 0 Å². The summed E-state index contributed by atoms with van der Waals surface area (Å²) in [5, 5.41) is 8.70. The lowest BCUT2D eigenvalue weighted by molar-refractivity contribution is -0.175. The largest absolute Gasteiger partial charge is 0.481 e. The van der Waals surface area contributed by atoms with Crippen LogP contribution in [0, 0.1) is 0 Å². The van der Waals surface area contributed by atoms with Crippen molar-refractivity contribution in [3.63, 3.8) is 0 Å². The highest BCUT2D eigenvalue weighted by Crippen LogP contribution is 2.15. The highest BCUT2D eigenvalue weighted by Gasteiger charge is 2.28. The van der Waals surface area contributed by atoms with Crippen molar-refractivity contribution in [2.45, 2.75) is 18.6 Å². The van der Waals surface area contributed by atoms with E-state index in [-0.39, 0.29) is 32.2 Å². The third-order valence-electron chi connectivity index (χ3n) is 2.55. The summed E-state index contributed by atoms with van der Waals surface area (Å²) in [5.74, 6) is -0.952. The number of morpholine rings is 1. The first-order chi connectivity index (χ1) is 8.38. The third kappa shape index (κ3) is 6.18. The van der Waals surface area contributed by atoms with Crippen LogP contribution in [-0.2, 0) is 14.3 Å². The van der Waals surface area contributed by atoms with Crippen LogP contribution in [0.15, 0.2) is 0 Å². The Morgan fingerprint density at radius 1 is 1.50 bits per heavy atom. The van der Waals surface area contributed by atoms with Gasteiger partial charge >= 0.3 is 12.1 Å². The van der Waals surface area contributed by atoms with E-state index < -0.39 is 18.8 Å². The topological polar surface area (TPSA) is 59.0 Å². The Morgan fingerprint density at radius 2 is 2.22 bits per heavy atom. The number of halogens is 3. The smallest absolute Gasteiger partial charge is 0.411 e. The Labute approximate surface area is 102 Å². The molecule has 0 aromatic rings. The van der Waals surface area contributed by atoms with Gasteiger partial charge in [0.2, 0.25) is 0 Å². The fourth-order valence-corrected chi connectivity index (χ4v) is 1.74. The van der Waals surface area contributed by atoms with Crippen LogP contribution in [0.5, 0.6) is 0 Å². The summed E-state index contributed by atoms with van der Waals surface area (Å²) in [6.45, 7) is 0.169. The SMILES string of the molecule is O=C(O)CC1COCCN1CCOCC(F)(F)F. The van der Waals surface area contributed by atoms with Crippen molar-refractivity contribution in [3.05, 3.63) is 0 Å². The van der Waals surface area contributed by atoms with Gasteiger partial charge in [-0.25, -0.2) is 0 Å². The van der Waals surface area contributed by atoms with Crippen LogP contribution in [0.4, 0.5) is 13.2 Å². The number of rotatable bonds is 6. The molecule has 0 radical (unpaired) electrons. The number of alkyl halides is 3. The van der Waals surface area contributed by atoms with E-state index in [1.807, 2.05) is 0 Å². The fourth-order valence-electron chi connectivity index (χ4n) is 1.74. The van der Waals surface area contributed by atoms with Crippen molar-refractivity contribution in [3.8, 4) is 0 Å². The maximum atomic E-state index is 11.8. The molecule has 0 amide bonds. The number of nitrogens with zero attached hydrogens (tertiary/aromatic N) is 1. The molecule has 1 saturated heterocycles. The number of hydrogen-bond acceptors (Lipinski definition) is 4. The molecule has 0 saturated carbocycles. The quantitative estimate of drug-likeness (QED) is 0.722. The number of aliphatic carboxylic acids is 1. The van der Waals surface area contributed by atoms with Crippen LogP contribution in [0.3, 0.4) is 0 Å². The van der Waals surface area contributed by atoms with E-state index in [2.05, 4.69) is 4.74 Å². The summed E-state index contributed by atoms with van der Waals surface area (Å²) in [4.78, 5) is 12.4. The molecule has 1 aliphatic heterocycles. The monoisotopic (exact) mass is 271 g/mol. The second-order valence-electron chi connectivity index (χ2n) is 4.03. The first-order valence-corrected chi connectivity index (χ1v) is 5.56. The second-order valence-corrected chi connectivity index (χ2v) is 4.03. The minimum absolute atomic E-state index is 0.0738. The van der Waals surface area contributed by atoms with Gasteiger partial charge in [0.05, 0.1) is 26.2 Å². The zero-order valence-electron chi connectivity index (χ0n) is 9.78. The van der Waals surface area contributed by atoms with E-state index in [1.165, 1.54) is 0 Å². The molecule has 1 N–H and O–H groups in total. The van der Waals surface area contributed by atoms with Crippen molar-refractivity contribution in [2.75, 3.05) is 39.5 Å². The van der Waals surface area contributed by atoms with Gasteiger partial charge in [0.15, 0.2) is 0 Å². The molecule has 0 aromatic heterocycles. The summed E-state index contributed by atoms with van der Waals surface area (Å²) in [7, 11) is 0. The number of hydrogen-bond donors (Lipinski definition) is 1. The van der Waals surface area contributed by atoms with Crippen LogP contribution < -0.4 is 0 Å². The summed E-state index contributed by atoms with van der Waals surface area (Å²) in [6, 6.07) is -0.300. The molecule has 0 aliphatic carbocycles. The zero-order chi connectivity index (χ0) is 13.6. The Morgan fingerprint density at radius 3 is 2.83 bits per heavy atom. The molecule has 106 valence electrons. The lowest BCUT2D eigenvalue weighted by atomic mass is 10.1. The van der Waals surface area contributed by atoms with Crippen molar-refractivity contribution >= 4 is 5.97 Å². The number of carboxylic acids is 1. The highest BCUT2D eigenvalue weighted by molar-refractivity contribution is 5.67. The molecule has 1 aliphatic rings. The third-order valence-corrected chi connectivity index (χ3v) is 2.55. The van der Waals surface area contributed by atoms with Crippen LogP contribution in [0.2, 0.25) is 0 Å². The lowest BCUT2D eigenvalue weighted by Crippen LogP contribution is -2.47. The van der Waals surface area contributed by atoms with Crippen LogP contribution in [0.1, 0.15) is 6.42 Å². The minimum Gasteiger partial charge on any atom is -0.481 e. The number of ether oxygens (including phenoxy) is 2. The van der Waals surface area contributed by atoms with Crippen LogP contribution >= 0.6 is 0 Å². The second kappa shape index (κ2) is 6.91. The molecular formula is C10H16F3NO4. The van der Waals surface area contributed by atoms with Gasteiger partial charge in [0.1, 0.15) is 6.61 Å². The van der Waals surface area contributed by atoms with Crippen molar-refractivity contribution in [2.24, 2.45) is 0 Å². The first-order valence-electron chi connectivity index (χ1n) is 5.56. The van der Waals surface area contributed by atoms with Crippen molar-refractivity contribution in [1.82, 2.24) is 4.90 Å². The Bertz CT molecular complexity index is 272.